The van der Waals surface area contributed by atoms with Crippen molar-refractivity contribution in [1.29, 1.82) is 0 Å². The van der Waals surface area contributed by atoms with Crippen LogP contribution in [-0.4, -0.2) is 31.8 Å². The van der Waals surface area contributed by atoms with E-state index in [1.807, 2.05) is 0 Å². The third-order valence-electron chi connectivity index (χ3n) is 3.93. The minimum Gasteiger partial charge on any atom is -0.481 e. The first kappa shape index (κ1) is 22.6. The van der Waals surface area contributed by atoms with Crippen molar-refractivity contribution < 1.29 is 23.1 Å². The molecule has 6 nitrogen and oxygen atoms in total. The van der Waals surface area contributed by atoms with Gasteiger partial charge in [0.25, 0.3) is 0 Å². The Hall–Kier alpha value is -1.44. The molecule has 0 amide bonds. The van der Waals surface area contributed by atoms with Gasteiger partial charge in [-0.15, -0.1) is 0 Å². The Kier molecular flexibility index (Phi) is 9.83. The molecule has 0 spiro atoms. The second kappa shape index (κ2) is 11.3. The Morgan fingerprint density at radius 3 is 2.38 bits per heavy atom. The highest BCUT2D eigenvalue weighted by molar-refractivity contribution is 7.89. The Labute approximate surface area is 160 Å². The quantitative estimate of drug-likeness (QED) is 0.382. The highest BCUT2D eigenvalue weighted by Crippen LogP contribution is 2.23. The first-order valence-electron chi connectivity index (χ1n) is 8.82. The van der Waals surface area contributed by atoms with E-state index < -0.39 is 21.8 Å². The van der Waals surface area contributed by atoms with Gasteiger partial charge in [0.2, 0.25) is 10.0 Å². The molecule has 0 aliphatic carbocycles. The average Bonchev–Trinajstić information content (AvgIpc) is 2.59. The first-order valence-corrected chi connectivity index (χ1v) is 10.7. The number of nitrogens with one attached hydrogen (secondary N) is 1. The molecule has 26 heavy (non-hydrogen) atoms. The van der Waals surface area contributed by atoms with Crippen LogP contribution in [0, 0.1) is 0 Å². The molecule has 0 saturated heterocycles. The predicted molar refractivity (Wildman–Crippen MR) is 101 cm³/mol. The van der Waals surface area contributed by atoms with E-state index in [0.29, 0.717) is 6.54 Å². The van der Waals surface area contributed by atoms with Gasteiger partial charge in [-0.1, -0.05) is 50.6 Å². The molecule has 0 fully saturated rings. The van der Waals surface area contributed by atoms with Gasteiger partial charge < -0.3 is 5.11 Å². The number of sulfonamides is 1. The highest BCUT2D eigenvalue weighted by atomic mass is 35.5. The van der Waals surface area contributed by atoms with Crippen LogP contribution in [-0.2, 0) is 14.8 Å². The Bertz CT molecular complexity index is 718. The summed E-state index contributed by atoms with van der Waals surface area (Å²) < 4.78 is 27.4. The molecule has 1 rings (SSSR count). The van der Waals surface area contributed by atoms with Crippen LogP contribution in [0.1, 0.15) is 68.6 Å². The summed E-state index contributed by atoms with van der Waals surface area (Å²) in [7, 11) is -3.83. The zero-order chi connectivity index (χ0) is 19.6. The lowest BCUT2D eigenvalue weighted by atomic mass is 10.1. The van der Waals surface area contributed by atoms with E-state index in [0.717, 1.165) is 32.1 Å². The molecule has 0 atom stereocenters. The van der Waals surface area contributed by atoms with E-state index in [9.17, 15) is 18.0 Å². The smallest absolute Gasteiger partial charge is 0.303 e. The lowest BCUT2D eigenvalue weighted by Crippen LogP contribution is -2.25. The summed E-state index contributed by atoms with van der Waals surface area (Å²) in [5.41, 5.74) is 0.135. The number of carboxylic acids is 1. The molecule has 0 aliphatic heterocycles. The van der Waals surface area contributed by atoms with Gasteiger partial charge in [0, 0.05) is 18.5 Å². The normalized spacial score (nSPS) is 11.5. The average molecular weight is 404 g/mol. The van der Waals surface area contributed by atoms with Crippen LogP contribution in [0.2, 0.25) is 5.02 Å². The minimum absolute atomic E-state index is 0.0234. The Balaban J connectivity index is 2.68. The summed E-state index contributed by atoms with van der Waals surface area (Å²) in [6.07, 6.45) is 5.75. The zero-order valence-electron chi connectivity index (χ0n) is 15.0. The molecule has 0 saturated carbocycles. The van der Waals surface area contributed by atoms with Gasteiger partial charge in [0.05, 0.1) is 11.4 Å². The van der Waals surface area contributed by atoms with Crippen LogP contribution in [0.3, 0.4) is 0 Å². The molecule has 2 N–H and O–H groups in total. The maximum Gasteiger partial charge on any atom is 0.303 e. The van der Waals surface area contributed by atoms with Crippen LogP contribution in [0.5, 0.6) is 0 Å². The number of hydrogen-bond acceptors (Lipinski definition) is 4. The maximum absolute atomic E-state index is 12.4. The number of hydrogen-bond donors (Lipinski definition) is 2. The van der Waals surface area contributed by atoms with E-state index in [-0.39, 0.29) is 28.3 Å². The number of carboxylic acid groups (broad SMARTS) is 1. The Morgan fingerprint density at radius 2 is 1.73 bits per heavy atom. The molecule has 1 aromatic rings. The lowest BCUT2D eigenvalue weighted by molar-refractivity contribution is -0.136. The van der Waals surface area contributed by atoms with Crippen molar-refractivity contribution in [1.82, 2.24) is 4.72 Å². The Morgan fingerprint density at radius 1 is 1.08 bits per heavy atom. The van der Waals surface area contributed by atoms with Crippen molar-refractivity contribution in [2.45, 2.75) is 63.2 Å². The molecule has 0 radical (unpaired) electrons. The third-order valence-corrected chi connectivity index (χ3v) is 5.87. The van der Waals surface area contributed by atoms with E-state index in [4.69, 9.17) is 16.7 Å². The fourth-order valence-electron chi connectivity index (χ4n) is 2.44. The highest BCUT2D eigenvalue weighted by Gasteiger charge is 2.20. The summed E-state index contributed by atoms with van der Waals surface area (Å²) in [6, 6.07) is 3.95. The monoisotopic (exact) mass is 403 g/mol. The fraction of sp³-hybridized carbons (Fsp3) is 0.556. The summed E-state index contributed by atoms with van der Waals surface area (Å²) >= 11 is 5.99. The molecular weight excluding hydrogens is 378 g/mol. The number of aliphatic carboxylic acids is 1. The molecule has 0 unspecified atom stereocenters. The number of ketones is 1. The number of carbonyl (C=O) groups is 2. The third kappa shape index (κ3) is 7.85. The van der Waals surface area contributed by atoms with Crippen LogP contribution < -0.4 is 4.72 Å². The van der Waals surface area contributed by atoms with E-state index in [1.54, 1.807) is 0 Å². The van der Waals surface area contributed by atoms with Crippen molar-refractivity contribution >= 4 is 33.4 Å². The van der Waals surface area contributed by atoms with Gasteiger partial charge in [-0.25, -0.2) is 13.1 Å². The minimum atomic E-state index is -3.83. The van der Waals surface area contributed by atoms with Crippen LogP contribution >= 0.6 is 11.6 Å². The first-order chi connectivity index (χ1) is 12.3. The van der Waals surface area contributed by atoms with E-state index >= 15 is 0 Å². The molecule has 1 aromatic carbocycles. The molecule has 0 bridgehead atoms. The van der Waals surface area contributed by atoms with Gasteiger partial charge >= 0.3 is 5.97 Å². The predicted octanol–water partition coefficient (Wildman–Crippen LogP) is 4.03. The summed E-state index contributed by atoms with van der Waals surface area (Å²) in [5, 5.41) is 8.67. The van der Waals surface area contributed by atoms with Gasteiger partial charge in [-0.2, -0.15) is 0 Å². The van der Waals surface area contributed by atoms with E-state index in [1.165, 1.54) is 24.6 Å². The molecule has 0 aliphatic rings. The van der Waals surface area contributed by atoms with Crippen molar-refractivity contribution in [3.8, 4) is 0 Å². The SMILES string of the molecule is CCCCCCCCNS(=O)(=O)c1cc(C(=O)CCC(=O)O)ccc1Cl. The van der Waals surface area contributed by atoms with Gasteiger partial charge in [-0.3, -0.25) is 9.59 Å². The number of halogens is 1. The number of rotatable bonds is 13. The maximum atomic E-state index is 12.4. The van der Waals surface area contributed by atoms with Gasteiger partial charge in [0.1, 0.15) is 4.90 Å². The topological polar surface area (TPSA) is 101 Å². The number of unbranched alkanes of at least 4 members (excludes halogenated alkanes) is 5. The second-order valence-corrected chi connectivity index (χ2v) is 8.27. The molecule has 8 heteroatoms. The number of Topliss-reactive ketones (excluding diaryl/α,β-unsaturated/α-hetero) is 1. The van der Waals surface area contributed by atoms with E-state index in [2.05, 4.69) is 11.6 Å². The fourth-order valence-corrected chi connectivity index (χ4v) is 4.03. The van der Waals surface area contributed by atoms with Crippen molar-refractivity contribution in [3.05, 3.63) is 28.8 Å². The van der Waals surface area contributed by atoms with Crippen molar-refractivity contribution in [2.24, 2.45) is 0 Å². The number of carbonyl (C=O) groups excluding carboxylic acids is 1. The van der Waals surface area contributed by atoms with Crippen molar-refractivity contribution in [2.75, 3.05) is 6.54 Å². The van der Waals surface area contributed by atoms with Gasteiger partial charge in [0.15, 0.2) is 5.78 Å². The standard InChI is InChI=1S/C18H26ClNO5S/c1-2-3-4-5-6-7-12-20-26(24,25)17-13-14(8-9-15(17)19)16(21)10-11-18(22)23/h8-9,13,20H,2-7,10-12H2,1H3,(H,22,23). The molecule has 0 heterocycles. The lowest BCUT2D eigenvalue weighted by Gasteiger charge is -2.10. The van der Waals surface area contributed by atoms with Crippen LogP contribution in [0.4, 0.5) is 0 Å². The zero-order valence-corrected chi connectivity index (χ0v) is 16.5. The summed E-state index contributed by atoms with van der Waals surface area (Å²) in [4.78, 5) is 22.4. The van der Waals surface area contributed by atoms with Gasteiger partial charge in [-0.05, 0) is 24.6 Å². The molecular formula is C18H26ClNO5S. The van der Waals surface area contributed by atoms with Crippen LogP contribution in [0.25, 0.3) is 0 Å². The number of benzene rings is 1. The second-order valence-electron chi connectivity index (χ2n) is 6.13. The summed E-state index contributed by atoms with van der Waals surface area (Å²) in [6.45, 7) is 2.44. The summed E-state index contributed by atoms with van der Waals surface area (Å²) in [5.74, 6) is -1.52. The largest absolute Gasteiger partial charge is 0.481 e. The molecule has 146 valence electrons. The molecule has 0 aromatic heterocycles. The van der Waals surface area contributed by atoms with Crippen LogP contribution in [0.15, 0.2) is 23.1 Å². The van der Waals surface area contributed by atoms with Crippen molar-refractivity contribution in [3.63, 3.8) is 0 Å².